The maximum Gasteiger partial charge on any atom is 0.257 e. The molecule has 1 atom stereocenters. The van der Waals surface area contributed by atoms with E-state index in [1.165, 1.54) is 6.20 Å². The van der Waals surface area contributed by atoms with Crippen LogP contribution in [0.15, 0.2) is 66.9 Å². The Bertz CT molecular complexity index is 1270. The molecule has 1 fully saturated rings. The van der Waals surface area contributed by atoms with Crippen LogP contribution in [0.5, 0.6) is 11.6 Å². The van der Waals surface area contributed by atoms with Crippen LogP contribution in [0.25, 0.3) is 0 Å². The molecule has 2 heterocycles. The molecule has 1 aliphatic rings. The van der Waals surface area contributed by atoms with E-state index in [0.717, 1.165) is 31.5 Å². The summed E-state index contributed by atoms with van der Waals surface area (Å²) in [4.78, 5) is 35.3. The van der Waals surface area contributed by atoms with Crippen molar-refractivity contribution in [2.24, 2.45) is 0 Å². The van der Waals surface area contributed by atoms with Crippen molar-refractivity contribution < 1.29 is 19.1 Å². The Labute approximate surface area is 238 Å². The van der Waals surface area contributed by atoms with Crippen molar-refractivity contribution >= 4 is 35.0 Å². The minimum absolute atomic E-state index is 0.00982. The Hall–Kier alpha value is -3.17. The number of halogens is 2. The van der Waals surface area contributed by atoms with Crippen molar-refractivity contribution in [3.05, 3.63) is 88.0 Å². The van der Waals surface area contributed by atoms with Crippen molar-refractivity contribution in [3.63, 3.8) is 0 Å². The number of benzene rings is 2. The van der Waals surface area contributed by atoms with Crippen molar-refractivity contribution in [2.45, 2.75) is 31.5 Å². The van der Waals surface area contributed by atoms with E-state index in [1.54, 1.807) is 42.3 Å². The van der Waals surface area contributed by atoms with Gasteiger partial charge in [-0.25, -0.2) is 4.98 Å². The van der Waals surface area contributed by atoms with Gasteiger partial charge < -0.3 is 24.6 Å². The maximum atomic E-state index is 13.6. The van der Waals surface area contributed by atoms with E-state index < -0.39 is 11.9 Å². The molecule has 1 aromatic heterocycles. The van der Waals surface area contributed by atoms with Crippen LogP contribution in [0.2, 0.25) is 10.0 Å². The van der Waals surface area contributed by atoms with E-state index in [4.69, 9.17) is 32.7 Å². The lowest BCUT2D eigenvalue weighted by Crippen LogP contribution is -2.54. The van der Waals surface area contributed by atoms with Crippen LogP contribution < -0.4 is 10.1 Å². The molecule has 1 aliphatic heterocycles. The summed E-state index contributed by atoms with van der Waals surface area (Å²) >= 11 is 12.2. The predicted octanol–water partition coefficient (Wildman–Crippen LogP) is 5.05. The molecule has 206 valence electrons. The standard InChI is InChI=1S/C29H32Cl2N4O4/c1-34-15-12-22(13-16-34)35(2)29(37)25(19-38-18-20-7-4-3-5-8-20)33-27(36)23-9-6-14-32-28(23)39-26-11-10-21(30)17-24(26)31/h3-11,14,17,22,25H,12-13,15-16,18-19H2,1-2H3,(H,33,36). The molecule has 1 N–H and O–H groups in total. The summed E-state index contributed by atoms with van der Waals surface area (Å²) in [6, 6.07) is 16.8. The van der Waals surface area contributed by atoms with Crippen LogP contribution >= 0.6 is 23.2 Å². The molecule has 4 rings (SSSR count). The van der Waals surface area contributed by atoms with Gasteiger partial charge in [0, 0.05) is 24.3 Å². The Morgan fingerprint density at radius 2 is 1.85 bits per heavy atom. The molecule has 10 heteroatoms. The zero-order chi connectivity index (χ0) is 27.8. The lowest BCUT2D eigenvalue weighted by atomic mass is 10.0. The first kappa shape index (κ1) is 28.8. The van der Waals surface area contributed by atoms with E-state index in [2.05, 4.69) is 22.2 Å². The summed E-state index contributed by atoms with van der Waals surface area (Å²) < 4.78 is 11.8. The van der Waals surface area contributed by atoms with E-state index >= 15 is 0 Å². The average Bonchev–Trinajstić information content (AvgIpc) is 2.94. The van der Waals surface area contributed by atoms with Gasteiger partial charge in [-0.15, -0.1) is 0 Å². The Balaban J connectivity index is 1.50. The third-order valence-corrected chi connectivity index (χ3v) is 7.23. The highest BCUT2D eigenvalue weighted by Gasteiger charge is 2.31. The van der Waals surface area contributed by atoms with E-state index in [0.29, 0.717) is 17.4 Å². The second-order valence-corrected chi connectivity index (χ2v) is 10.4. The molecule has 3 aromatic rings. The molecular formula is C29H32Cl2N4O4. The SMILES string of the molecule is CN1CCC(N(C)C(=O)C(COCc2ccccc2)NC(=O)c2cccnc2Oc2ccc(Cl)cc2Cl)CC1. The number of hydrogen-bond acceptors (Lipinski definition) is 6. The summed E-state index contributed by atoms with van der Waals surface area (Å²) in [6.07, 6.45) is 3.24. The van der Waals surface area contributed by atoms with Gasteiger partial charge >= 0.3 is 0 Å². The maximum absolute atomic E-state index is 13.6. The Morgan fingerprint density at radius 3 is 2.56 bits per heavy atom. The molecule has 2 amide bonds. The normalized spacial score (nSPS) is 15.0. The third-order valence-electron chi connectivity index (χ3n) is 6.70. The second-order valence-electron chi connectivity index (χ2n) is 9.54. The molecular weight excluding hydrogens is 539 g/mol. The Kier molecular flexibility index (Phi) is 10.2. The second kappa shape index (κ2) is 13.8. The lowest BCUT2D eigenvalue weighted by Gasteiger charge is -2.36. The first-order valence-corrected chi connectivity index (χ1v) is 13.5. The van der Waals surface area contributed by atoms with Gasteiger partial charge in [-0.05, 0) is 68.9 Å². The number of amides is 2. The van der Waals surface area contributed by atoms with E-state index in [1.807, 2.05) is 30.3 Å². The van der Waals surface area contributed by atoms with Crippen molar-refractivity contribution in [2.75, 3.05) is 33.8 Å². The van der Waals surface area contributed by atoms with Gasteiger partial charge in [-0.2, -0.15) is 0 Å². The predicted molar refractivity (Wildman–Crippen MR) is 151 cm³/mol. The highest BCUT2D eigenvalue weighted by atomic mass is 35.5. The quantitative estimate of drug-likeness (QED) is 0.367. The number of likely N-dealkylation sites (N-methyl/N-ethyl adjacent to an activating group) is 1. The van der Waals surface area contributed by atoms with Crippen molar-refractivity contribution in [1.29, 1.82) is 0 Å². The molecule has 8 nitrogen and oxygen atoms in total. The van der Waals surface area contributed by atoms with Crippen LogP contribution in [0.4, 0.5) is 0 Å². The highest BCUT2D eigenvalue weighted by Crippen LogP contribution is 2.32. The van der Waals surface area contributed by atoms with Gasteiger partial charge in [0.2, 0.25) is 11.8 Å². The van der Waals surface area contributed by atoms with E-state index in [9.17, 15) is 9.59 Å². The third kappa shape index (κ3) is 7.92. The molecule has 2 aromatic carbocycles. The number of carbonyl (C=O) groups is 2. The minimum atomic E-state index is -0.905. The van der Waals surface area contributed by atoms with Crippen LogP contribution in [0.1, 0.15) is 28.8 Å². The Morgan fingerprint density at radius 1 is 1.10 bits per heavy atom. The topological polar surface area (TPSA) is 84.0 Å². The minimum Gasteiger partial charge on any atom is -0.437 e. The number of aromatic nitrogens is 1. The molecule has 0 saturated carbocycles. The summed E-state index contributed by atoms with van der Waals surface area (Å²) in [7, 11) is 3.86. The number of likely N-dealkylation sites (tertiary alicyclic amines) is 1. The summed E-state index contributed by atoms with van der Waals surface area (Å²) in [5.74, 6) is -0.367. The lowest BCUT2D eigenvalue weighted by molar-refractivity contribution is -0.136. The van der Waals surface area contributed by atoms with Gasteiger partial charge in [0.05, 0.1) is 18.2 Å². The van der Waals surface area contributed by atoms with Crippen LogP contribution in [0, 0.1) is 0 Å². The molecule has 0 bridgehead atoms. The van der Waals surface area contributed by atoms with Crippen LogP contribution in [-0.2, 0) is 16.1 Å². The number of carbonyl (C=O) groups excluding carboxylic acids is 2. The number of nitrogens with one attached hydrogen (secondary N) is 1. The smallest absolute Gasteiger partial charge is 0.257 e. The zero-order valence-corrected chi connectivity index (χ0v) is 23.5. The molecule has 1 unspecified atom stereocenters. The first-order valence-electron chi connectivity index (χ1n) is 12.8. The first-order chi connectivity index (χ1) is 18.8. The largest absolute Gasteiger partial charge is 0.437 e. The van der Waals surface area contributed by atoms with Gasteiger partial charge in [0.15, 0.2) is 0 Å². The number of rotatable bonds is 10. The number of ether oxygens (including phenoxy) is 2. The van der Waals surface area contributed by atoms with Gasteiger partial charge in [-0.3, -0.25) is 9.59 Å². The van der Waals surface area contributed by atoms with Crippen LogP contribution in [0.3, 0.4) is 0 Å². The fourth-order valence-corrected chi connectivity index (χ4v) is 4.84. The summed E-state index contributed by atoms with van der Waals surface area (Å²) in [5.41, 5.74) is 1.13. The highest BCUT2D eigenvalue weighted by molar-refractivity contribution is 6.35. The molecule has 0 aliphatic carbocycles. The fourth-order valence-electron chi connectivity index (χ4n) is 4.39. The number of piperidine rings is 1. The van der Waals surface area contributed by atoms with Gasteiger partial charge in [0.25, 0.3) is 5.91 Å². The number of pyridine rings is 1. The van der Waals surface area contributed by atoms with Gasteiger partial charge in [0.1, 0.15) is 17.4 Å². The monoisotopic (exact) mass is 570 g/mol. The molecule has 0 radical (unpaired) electrons. The fraction of sp³-hybridized carbons (Fsp3) is 0.345. The van der Waals surface area contributed by atoms with E-state index in [-0.39, 0.29) is 35.0 Å². The number of nitrogens with zero attached hydrogens (tertiary/aromatic N) is 3. The zero-order valence-electron chi connectivity index (χ0n) is 22.0. The summed E-state index contributed by atoms with van der Waals surface area (Å²) in [5, 5.41) is 3.59. The van der Waals surface area contributed by atoms with Crippen LogP contribution in [-0.4, -0.2) is 72.5 Å². The van der Waals surface area contributed by atoms with Gasteiger partial charge in [-0.1, -0.05) is 53.5 Å². The number of hydrogen-bond donors (Lipinski definition) is 1. The van der Waals surface area contributed by atoms with Crippen molar-refractivity contribution in [3.8, 4) is 11.6 Å². The van der Waals surface area contributed by atoms with Crippen molar-refractivity contribution in [1.82, 2.24) is 20.1 Å². The molecule has 0 spiro atoms. The molecule has 1 saturated heterocycles. The average molecular weight is 572 g/mol. The summed E-state index contributed by atoms with van der Waals surface area (Å²) in [6.45, 7) is 2.14. The molecule has 39 heavy (non-hydrogen) atoms.